The molecule has 4 heterocycles. The molecule has 5 atom stereocenters. The number of sulfonamides is 1. The minimum Gasteiger partial charge on any atom is -0.497 e. The van der Waals surface area contributed by atoms with E-state index in [-0.39, 0.29) is 31.8 Å². The number of nitrogens with zero attached hydrogens (tertiary/aromatic N) is 3. The van der Waals surface area contributed by atoms with Gasteiger partial charge in [-0.15, -0.1) is 0 Å². The van der Waals surface area contributed by atoms with Crippen molar-refractivity contribution in [2.24, 2.45) is 11.8 Å². The molecule has 0 unspecified atom stereocenters. The molecule has 3 aliphatic carbocycles. The fourth-order valence-electron chi connectivity index (χ4n) is 9.23. The first kappa shape index (κ1) is 38.5. The van der Waals surface area contributed by atoms with Crippen LogP contribution >= 0.6 is 0 Å². The van der Waals surface area contributed by atoms with E-state index in [4.69, 9.17) is 14.5 Å². The van der Waals surface area contributed by atoms with Crippen LogP contribution in [-0.2, 0) is 30.8 Å². The molecule has 4 fully saturated rings. The molecule has 4 amide bonds. The van der Waals surface area contributed by atoms with Gasteiger partial charge in [-0.3, -0.25) is 24.0 Å². The summed E-state index contributed by atoms with van der Waals surface area (Å²) in [5.41, 5.74) is -0.106. The first-order valence-corrected chi connectivity index (χ1v) is 21.7. The fourth-order valence-corrected chi connectivity index (χ4v) is 10.5. The van der Waals surface area contributed by atoms with Gasteiger partial charge in [0.05, 0.1) is 29.6 Å². The Labute approximate surface area is 327 Å². The molecule has 3 saturated carbocycles. The molecule has 56 heavy (non-hydrogen) atoms. The lowest BCUT2D eigenvalue weighted by Crippen LogP contribution is -2.59. The number of benzene rings is 1. The molecule has 15 heteroatoms. The molecule has 1 aromatic carbocycles. The predicted octanol–water partition coefficient (Wildman–Crippen LogP) is 4.76. The van der Waals surface area contributed by atoms with Crippen molar-refractivity contribution < 1.29 is 42.2 Å². The van der Waals surface area contributed by atoms with Crippen LogP contribution in [0.3, 0.4) is 0 Å². The highest BCUT2D eigenvalue weighted by molar-refractivity contribution is 7.91. The number of carbonyl (C=O) groups excluding carboxylic acids is 3. The van der Waals surface area contributed by atoms with Gasteiger partial charge in [-0.2, -0.15) is 0 Å². The molecule has 3 N–H and O–H groups in total. The second-order valence-electron chi connectivity index (χ2n) is 17.3. The maximum absolute atomic E-state index is 15.0. The molecule has 3 aliphatic heterocycles. The summed E-state index contributed by atoms with van der Waals surface area (Å²) in [6, 6.07) is 3.57. The van der Waals surface area contributed by atoms with Crippen LogP contribution in [0.15, 0.2) is 30.4 Å². The summed E-state index contributed by atoms with van der Waals surface area (Å²) in [6.45, 7) is 3.74. The molecule has 6 aliphatic rings. The van der Waals surface area contributed by atoms with Crippen LogP contribution in [-0.4, -0.2) is 100 Å². The highest BCUT2D eigenvalue weighted by Gasteiger charge is 2.64. The van der Waals surface area contributed by atoms with Crippen LogP contribution < -0.4 is 19.5 Å². The summed E-state index contributed by atoms with van der Waals surface area (Å²) in [5.74, 6) is -0.841. The fraction of sp³-hybridized carbons (Fsp3) is 0.634. The average Bonchev–Trinajstić information content (AvgIpc) is 4.03. The topological polar surface area (TPSA) is 185 Å². The number of aromatic nitrogens is 1. The summed E-state index contributed by atoms with van der Waals surface area (Å²) < 4.78 is 40.2. The van der Waals surface area contributed by atoms with Crippen LogP contribution in [0.5, 0.6) is 11.5 Å². The third kappa shape index (κ3) is 6.87. The zero-order valence-electron chi connectivity index (χ0n) is 32.5. The van der Waals surface area contributed by atoms with E-state index in [1.165, 1.54) is 9.80 Å². The van der Waals surface area contributed by atoms with Gasteiger partial charge in [0.25, 0.3) is 5.91 Å². The molecule has 1 spiro atoms. The van der Waals surface area contributed by atoms with Crippen molar-refractivity contribution in [3.05, 3.63) is 41.6 Å². The molecule has 14 nitrogen and oxygen atoms in total. The predicted molar refractivity (Wildman–Crippen MR) is 207 cm³/mol. The van der Waals surface area contributed by atoms with Gasteiger partial charge in [-0.1, -0.05) is 31.4 Å². The summed E-state index contributed by atoms with van der Waals surface area (Å²) in [4.78, 5) is 64.3. The Morgan fingerprint density at radius 3 is 2.59 bits per heavy atom. The number of fused-ring (bicyclic) bond motifs is 5. The number of allylic oxidation sites excluding steroid dienone is 1. The van der Waals surface area contributed by atoms with Crippen molar-refractivity contribution in [3.8, 4) is 11.5 Å². The summed E-state index contributed by atoms with van der Waals surface area (Å²) in [5, 5.41) is 14.4. The second kappa shape index (κ2) is 14.2. The molecule has 302 valence electrons. The molecule has 1 saturated heterocycles. The van der Waals surface area contributed by atoms with Crippen molar-refractivity contribution >= 4 is 44.7 Å². The first-order valence-electron chi connectivity index (χ1n) is 20.2. The molecule has 8 rings (SSSR count). The second-order valence-corrected chi connectivity index (χ2v) is 19.5. The number of carboxylic acid groups (broad SMARTS) is 1. The molecule has 1 aromatic heterocycles. The maximum atomic E-state index is 15.0. The lowest BCUT2D eigenvalue weighted by Gasteiger charge is -2.38. The van der Waals surface area contributed by atoms with E-state index in [2.05, 4.69) is 10.0 Å². The van der Waals surface area contributed by atoms with Crippen molar-refractivity contribution in [1.29, 1.82) is 0 Å². The Balaban J connectivity index is 1.16. The SMILES string of the molecule is COc1ccc2nc(C)c3c(c2c1)CC[C@]1(C[C@H]2C(=O)N[C@]4(C(=O)NS(=O)(=O)C5(C)CC5)C[C@H]4/C=C\CCCCC[C@H](N(CC4CCC4)C(=O)O)C(=O)N2C1)O3. The molecule has 0 bridgehead atoms. The number of pyridine rings is 1. The van der Waals surface area contributed by atoms with Gasteiger partial charge in [0.1, 0.15) is 34.7 Å². The highest BCUT2D eigenvalue weighted by atomic mass is 32.2. The van der Waals surface area contributed by atoms with Crippen molar-refractivity contribution in [3.63, 3.8) is 0 Å². The van der Waals surface area contributed by atoms with E-state index >= 15 is 4.79 Å². The van der Waals surface area contributed by atoms with Gasteiger partial charge in [-0.05, 0) is 102 Å². The van der Waals surface area contributed by atoms with E-state index in [0.717, 1.165) is 48.6 Å². The molecule has 0 radical (unpaired) electrons. The summed E-state index contributed by atoms with van der Waals surface area (Å²) >= 11 is 0. The van der Waals surface area contributed by atoms with Gasteiger partial charge in [0.15, 0.2) is 0 Å². The summed E-state index contributed by atoms with van der Waals surface area (Å²) in [6.07, 6.45) is 10.9. The number of nitrogens with one attached hydrogen (secondary N) is 2. The van der Waals surface area contributed by atoms with Crippen LogP contribution in [0.2, 0.25) is 0 Å². The van der Waals surface area contributed by atoms with Crippen LogP contribution in [0.4, 0.5) is 4.79 Å². The highest BCUT2D eigenvalue weighted by Crippen LogP contribution is 2.49. The molecule has 2 aromatic rings. The van der Waals surface area contributed by atoms with Gasteiger partial charge in [0.2, 0.25) is 21.8 Å². The average molecular weight is 792 g/mol. The number of amides is 4. The molecular weight excluding hydrogens is 739 g/mol. The third-order valence-electron chi connectivity index (χ3n) is 13.5. The Morgan fingerprint density at radius 2 is 1.89 bits per heavy atom. The lowest BCUT2D eigenvalue weighted by molar-refractivity contribution is -0.143. The van der Waals surface area contributed by atoms with Crippen LogP contribution in [0.1, 0.15) is 102 Å². The molecular formula is C41H53N5O9S. The van der Waals surface area contributed by atoms with E-state index in [9.17, 15) is 27.9 Å². The maximum Gasteiger partial charge on any atom is 0.407 e. The summed E-state index contributed by atoms with van der Waals surface area (Å²) in [7, 11) is -2.39. The number of carbonyl (C=O) groups is 4. The third-order valence-corrected chi connectivity index (χ3v) is 15.6. The van der Waals surface area contributed by atoms with Crippen molar-refractivity contribution in [1.82, 2.24) is 24.8 Å². The number of rotatable bonds is 7. The minimum absolute atomic E-state index is 0.0294. The quantitative estimate of drug-likeness (QED) is 0.331. The Hall–Kier alpha value is -4.40. The van der Waals surface area contributed by atoms with Crippen molar-refractivity contribution in [2.45, 2.75) is 132 Å². The normalized spacial score (nSPS) is 30.6. The first-order chi connectivity index (χ1) is 26.7. The number of methoxy groups -OCH3 is 1. The monoisotopic (exact) mass is 791 g/mol. The van der Waals surface area contributed by atoms with Crippen LogP contribution in [0, 0.1) is 18.8 Å². The zero-order chi connectivity index (χ0) is 39.6. The minimum atomic E-state index is -4.00. The Morgan fingerprint density at radius 1 is 1.11 bits per heavy atom. The number of ether oxygens (including phenoxy) is 2. The number of hydrogen-bond acceptors (Lipinski definition) is 9. The Bertz CT molecular complexity index is 2100. The zero-order valence-corrected chi connectivity index (χ0v) is 33.3. The Kier molecular flexibility index (Phi) is 9.76. The van der Waals surface area contributed by atoms with Crippen LogP contribution in [0.25, 0.3) is 10.9 Å². The standard InChI is InChI=1S/C41H53N5O9S/c1-25-34-29(30-20-28(54-3)14-15-31(30)42-25)16-17-40(55-34)22-33-35(47)43-41(37(49)44-56(52,53)39(2)18-19-39)21-27(41)12-7-5-4-6-8-13-32(36(48)46(33)24-40)45(38(50)51)23-26-10-9-11-26/h7,12,14-15,20,26-27,32-33H,4-6,8-11,13,16-19,21-24H2,1-3H3,(H,43,47)(H,44,49)(H,50,51)/b12-7-/t27-,32+,33+,40-,41-/m1/s1. The van der Waals surface area contributed by atoms with Gasteiger partial charge < -0.3 is 24.8 Å². The van der Waals surface area contributed by atoms with E-state index in [1.807, 2.05) is 37.3 Å². The number of hydrogen-bond donors (Lipinski definition) is 3. The largest absolute Gasteiger partial charge is 0.497 e. The lowest BCUT2D eigenvalue weighted by atomic mass is 9.84. The number of aryl methyl sites for hydroxylation is 2. The van der Waals surface area contributed by atoms with E-state index in [0.29, 0.717) is 62.1 Å². The van der Waals surface area contributed by atoms with Crippen molar-refractivity contribution in [2.75, 3.05) is 20.2 Å². The van der Waals surface area contributed by atoms with Gasteiger partial charge in [-0.25, -0.2) is 18.2 Å². The smallest absolute Gasteiger partial charge is 0.407 e. The van der Waals surface area contributed by atoms with E-state index in [1.54, 1.807) is 14.0 Å². The van der Waals surface area contributed by atoms with Gasteiger partial charge in [0, 0.05) is 29.8 Å². The van der Waals surface area contributed by atoms with E-state index < -0.39 is 67.7 Å². The van der Waals surface area contributed by atoms with Gasteiger partial charge >= 0.3 is 6.09 Å².